The van der Waals surface area contributed by atoms with Crippen LogP contribution in [0.2, 0.25) is 29.2 Å². The molecule has 128 valence electrons. The summed E-state index contributed by atoms with van der Waals surface area (Å²) in [7, 11) is -0.0655. The highest BCUT2D eigenvalue weighted by Gasteiger charge is 2.44. The van der Waals surface area contributed by atoms with E-state index in [-0.39, 0.29) is 0 Å². The first-order valence-electron chi connectivity index (χ1n) is 8.40. The van der Waals surface area contributed by atoms with Crippen LogP contribution in [0.1, 0.15) is 54.4 Å². The molecule has 0 aliphatic rings. The Labute approximate surface area is 135 Å². The van der Waals surface area contributed by atoms with Crippen LogP contribution in [-0.4, -0.2) is 37.7 Å². The van der Waals surface area contributed by atoms with Crippen LogP contribution >= 0.6 is 0 Å². The van der Waals surface area contributed by atoms with E-state index >= 15 is 0 Å². The molecular weight excluding hydrogens is 296 g/mol. The summed E-state index contributed by atoms with van der Waals surface area (Å²) < 4.78 is 17.6. The van der Waals surface area contributed by atoms with Crippen LogP contribution in [0, 0.1) is 0 Å². The van der Waals surface area contributed by atoms with Crippen LogP contribution in [-0.2, 0) is 13.3 Å². The van der Waals surface area contributed by atoms with E-state index in [4.69, 9.17) is 13.3 Å². The Balaban J connectivity index is 4.41. The molecule has 0 fully saturated rings. The predicted molar refractivity (Wildman–Crippen MR) is 96.7 cm³/mol. The third-order valence-corrected chi connectivity index (χ3v) is 14.1. The quantitative estimate of drug-likeness (QED) is 0.378. The molecule has 0 aromatic rings. The molecule has 0 spiro atoms. The van der Waals surface area contributed by atoms with Gasteiger partial charge in [-0.2, -0.15) is 0 Å². The van der Waals surface area contributed by atoms with Gasteiger partial charge in [-0.05, 0) is 42.1 Å². The molecule has 0 amide bonds. The van der Waals surface area contributed by atoms with Crippen molar-refractivity contribution < 1.29 is 13.3 Å². The fourth-order valence-electron chi connectivity index (χ4n) is 3.58. The second-order valence-electron chi connectivity index (χ2n) is 7.17. The molecule has 0 radical (unpaired) electrons. The minimum Gasteiger partial charge on any atom is -0.416 e. The smallest absolute Gasteiger partial charge is 0.334 e. The Bertz CT molecular complexity index is 255. The lowest BCUT2D eigenvalue weighted by atomic mass is 10.4. The SMILES string of the molecule is CO[Si](C)(CCCCO[Si](C(C)C)(C(C)C)C(C)C)OC. The van der Waals surface area contributed by atoms with E-state index in [0.717, 1.165) is 25.5 Å². The van der Waals surface area contributed by atoms with E-state index in [1.165, 1.54) is 0 Å². The zero-order chi connectivity index (χ0) is 16.7. The van der Waals surface area contributed by atoms with Crippen LogP contribution in [0.3, 0.4) is 0 Å². The lowest BCUT2D eigenvalue weighted by molar-refractivity contribution is 0.242. The average Bonchev–Trinajstić information content (AvgIpc) is 2.41. The van der Waals surface area contributed by atoms with E-state index in [2.05, 4.69) is 48.1 Å². The van der Waals surface area contributed by atoms with Crippen LogP contribution in [0.5, 0.6) is 0 Å². The van der Waals surface area contributed by atoms with Gasteiger partial charge in [-0.3, -0.25) is 0 Å². The summed E-state index contributed by atoms with van der Waals surface area (Å²) in [4.78, 5) is 0. The summed E-state index contributed by atoms with van der Waals surface area (Å²) in [6.07, 6.45) is 2.24. The Morgan fingerprint density at radius 2 is 1.19 bits per heavy atom. The van der Waals surface area contributed by atoms with Crippen molar-refractivity contribution in [2.45, 2.75) is 83.6 Å². The average molecular weight is 335 g/mol. The maximum absolute atomic E-state index is 6.57. The molecule has 0 atom stereocenters. The van der Waals surface area contributed by atoms with Crippen molar-refractivity contribution in [3.05, 3.63) is 0 Å². The second-order valence-corrected chi connectivity index (χ2v) is 16.2. The number of hydrogen-bond acceptors (Lipinski definition) is 3. The minimum absolute atomic E-state index is 0.662. The van der Waals surface area contributed by atoms with E-state index < -0.39 is 16.9 Å². The summed E-state index contributed by atoms with van der Waals surface area (Å²) in [6, 6.07) is 1.04. The van der Waals surface area contributed by atoms with Gasteiger partial charge in [0.1, 0.15) is 0 Å². The van der Waals surface area contributed by atoms with Gasteiger partial charge in [-0.15, -0.1) is 0 Å². The molecule has 0 heterocycles. The summed E-state index contributed by atoms with van der Waals surface area (Å²) in [6.45, 7) is 17.1. The highest BCUT2D eigenvalue weighted by molar-refractivity contribution is 6.77. The molecule has 3 nitrogen and oxygen atoms in total. The Kier molecular flexibility index (Phi) is 9.59. The van der Waals surface area contributed by atoms with Crippen molar-refractivity contribution in [1.82, 2.24) is 0 Å². The Morgan fingerprint density at radius 1 is 0.762 bits per heavy atom. The largest absolute Gasteiger partial charge is 0.416 e. The van der Waals surface area contributed by atoms with Gasteiger partial charge >= 0.3 is 8.56 Å². The van der Waals surface area contributed by atoms with Crippen molar-refractivity contribution in [3.8, 4) is 0 Å². The third kappa shape index (κ3) is 5.79. The lowest BCUT2D eigenvalue weighted by Gasteiger charge is -2.42. The first kappa shape index (κ1) is 21.3. The van der Waals surface area contributed by atoms with Crippen molar-refractivity contribution in [3.63, 3.8) is 0 Å². The summed E-state index contributed by atoms with van der Waals surface area (Å²) >= 11 is 0. The monoisotopic (exact) mass is 334 g/mol. The highest BCUT2D eigenvalue weighted by atomic mass is 28.4. The first-order chi connectivity index (χ1) is 9.66. The van der Waals surface area contributed by atoms with Crippen molar-refractivity contribution in [1.29, 1.82) is 0 Å². The second kappa shape index (κ2) is 9.45. The molecule has 0 aromatic heterocycles. The molecule has 5 heteroatoms. The molecule has 0 N–H and O–H groups in total. The van der Waals surface area contributed by atoms with Gasteiger partial charge in [0, 0.05) is 20.8 Å². The maximum Gasteiger partial charge on any atom is 0.334 e. The molecule has 0 rings (SSSR count). The van der Waals surface area contributed by atoms with Gasteiger partial charge in [0.05, 0.1) is 0 Å². The van der Waals surface area contributed by atoms with Crippen molar-refractivity contribution in [2.24, 2.45) is 0 Å². The van der Waals surface area contributed by atoms with Gasteiger partial charge in [-0.1, -0.05) is 41.5 Å². The highest BCUT2D eigenvalue weighted by Crippen LogP contribution is 2.42. The molecule has 0 saturated heterocycles. The zero-order valence-electron chi connectivity index (χ0n) is 15.8. The van der Waals surface area contributed by atoms with Crippen LogP contribution in [0.4, 0.5) is 0 Å². The van der Waals surface area contributed by atoms with Crippen molar-refractivity contribution in [2.75, 3.05) is 20.8 Å². The minimum atomic E-state index is -1.90. The van der Waals surface area contributed by atoms with Crippen LogP contribution in [0.15, 0.2) is 0 Å². The molecular formula is C16H38O3Si2. The predicted octanol–water partition coefficient (Wildman–Crippen LogP) is 5.32. The van der Waals surface area contributed by atoms with Gasteiger partial charge in [0.25, 0.3) is 0 Å². The summed E-state index contributed by atoms with van der Waals surface area (Å²) in [5, 5.41) is 0. The first-order valence-corrected chi connectivity index (χ1v) is 13.1. The summed E-state index contributed by atoms with van der Waals surface area (Å²) in [5.41, 5.74) is 1.99. The lowest BCUT2D eigenvalue weighted by Crippen LogP contribution is -2.48. The maximum atomic E-state index is 6.57. The fraction of sp³-hybridized carbons (Fsp3) is 1.00. The molecule has 0 aliphatic carbocycles. The fourth-order valence-corrected chi connectivity index (χ4v) is 10.5. The van der Waals surface area contributed by atoms with Gasteiger partial charge in [-0.25, -0.2) is 0 Å². The number of rotatable bonds is 11. The number of unbranched alkanes of at least 4 members (excludes halogenated alkanes) is 1. The third-order valence-electron chi connectivity index (χ3n) is 4.95. The van der Waals surface area contributed by atoms with Gasteiger partial charge < -0.3 is 13.3 Å². The van der Waals surface area contributed by atoms with E-state index in [1.54, 1.807) is 14.2 Å². The molecule has 21 heavy (non-hydrogen) atoms. The molecule has 0 aromatic carbocycles. The molecule has 0 unspecified atom stereocenters. The standard InChI is InChI=1S/C16H38O3Si2/c1-14(2)21(15(3)4,16(5)6)19-12-10-11-13-20(9,17-7)18-8/h14-16H,10-13H2,1-9H3. The van der Waals surface area contributed by atoms with Crippen LogP contribution < -0.4 is 0 Å². The number of hydrogen-bond donors (Lipinski definition) is 0. The Morgan fingerprint density at radius 3 is 1.52 bits per heavy atom. The van der Waals surface area contributed by atoms with E-state index in [9.17, 15) is 0 Å². The van der Waals surface area contributed by atoms with Gasteiger partial charge in [0.15, 0.2) is 8.32 Å². The van der Waals surface area contributed by atoms with E-state index in [1.807, 2.05) is 0 Å². The normalized spacial score (nSPS) is 13.7. The van der Waals surface area contributed by atoms with Gasteiger partial charge in [0.2, 0.25) is 0 Å². The molecule has 0 saturated carbocycles. The topological polar surface area (TPSA) is 27.7 Å². The van der Waals surface area contributed by atoms with Crippen molar-refractivity contribution >= 4 is 16.9 Å². The summed E-state index contributed by atoms with van der Waals surface area (Å²) in [5.74, 6) is 0. The van der Waals surface area contributed by atoms with E-state index in [0.29, 0.717) is 16.6 Å². The molecule has 0 aliphatic heterocycles. The molecule has 0 bridgehead atoms. The zero-order valence-corrected chi connectivity index (χ0v) is 17.8. The van der Waals surface area contributed by atoms with Crippen LogP contribution in [0.25, 0.3) is 0 Å². The Hall–Kier alpha value is 0.314.